The maximum atomic E-state index is 4.38. The number of hydrogen-bond donors (Lipinski definition) is 0. The third-order valence-corrected chi connectivity index (χ3v) is 4.04. The lowest BCUT2D eigenvalue weighted by Gasteiger charge is -1.99. The first kappa shape index (κ1) is 8.48. The minimum atomic E-state index is 1.05. The monoisotopic (exact) mass is 223 g/mol. The molecular weight excluding hydrogens is 214 g/mol. The van der Waals surface area contributed by atoms with Crippen LogP contribution in [0.5, 0.6) is 0 Å². The average molecular weight is 223 g/mol. The smallest absolute Gasteiger partial charge is 0.0815 e. The van der Waals surface area contributed by atoms with Crippen molar-refractivity contribution in [3.63, 3.8) is 0 Å². The van der Waals surface area contributed by atoms with Gasteiger partial charge in [0.1, 0.15) is 0 Å². The van der Waals surface area contributed by atoms with E-state index in [0.29, 0.717) is 0 Å². The Bertz CT molecular complexity index is 697. The lowest BCUT2D eigenvalue weighted by molar-refractivity contribution is 1.27. The Hall–Kier alpha value is -1.67. The van der Waals surface area contributed by atoms with Gasteiger partial charge in [0.25, 0.3) is 0 Å². The summed E-state index contributed by atoms with van der Waals surface area (Å²) in [6, 6.07) is 13.2. The van der Waals surface area contributed by atoms with Crippen molar-refractivity contribution in [2.75, 3.05) is 0 Å². The molecule has 3 aromatic rings. The standard InChI is InChI=1S/C14H9NS/c1-2-4-11-9(3-1)5-10-6-13-14(7-12(10)11)16-8-15-13/h1-4,6-8H,5H2. The van der Waals surface area contributed by atoms with Gasteiger partial charge in [-0.3, -0.25) is 0 Å². The fourth-order valence-corrected chi connectivity index (χ4v) is 3.18. The number of hydrogen-bond acceptors (Lipinski definition) is 2. The number of benzene rings is 2. The molecule has 1 nitrogen and oxygen atoms in total. The van der Waals surface area contributed by atoms with Crippen LogP contribution in [0.4, 0.5) is 0 Å². The quantitative estimate of drug-likeness (QED) is 0.441. The molecule has 0 aliphatic heterocycles. The van der Waals surface area contributed by atoms with Gasteiger partial charge in [-0.15, -0.1) is 11.3 Å². The first-order chi connectivity index (χ1) is 7.92. The highest BCUT2D eigenvalue weighted by atomic mass is 32.1. The van der Waals surface area contributed by atoms with Crippen molar-refractivity contribution in [2.24, 2.45) is 0 Å². The molecule has 2 heteroatoms. The molecule has 16 heavy (non-hydrogen) atoms. The Balaban J connectivity index is 2.09. The summed E-state index contributed by atoms with van der Waals surface area (Å²) >= 11 is 1.72. The minimum absolute atomic E-state index is 1.05. The van der Waals surface area contributed by atoms with E-state index < -0.39 is 0 Å². The van der Waals surface area contributed by atoms with E-state index in [1.807, 2.05) is 5.51 Å². The second-order valence-electron chi connectivity index (χ2n) is 4.16. The molecule has 1 aliphatic rings. The van der Waals surface area contributed by atoms with E-state index >= 15 is 0 Å². The molecule has 2 aromatic carbocycles. The van der Waals surface area contributed by atoms with Crippen LogP contribution >= 0.6 is 11.3 Å². The van der Waals surface area contributed by atoms with Gasteiger partial charge in [-0.05, 0) is 40.8 Å². The van der Waals surface area contributed by atoms with Crippen molar-refractivity contribution < 1.29 is 0 Å². The molecule has 0 atom stereocenters. The van der Waals surface area contributed by atoms with Gasteiger partial charge in [0.05, 0.1) is 15.7 Å². The lowest BCUT2D eigenvalue weighted by atomic mass is 10.1. The predicted molar refractivity (Wildman–Crippen MR) is 67.9 cm³/mol. The summed E-state index contributed by atoms with van der Waals surface area (Å²) in [5.41, 5.74) is 8.71. The number of thiazole rings is 1. The normalized spacial score (nSPS) is 12.8. The number of fused-ring (bicyclic) bond motifs is 4. The van der Waals surface area contributed by atoms with Crippen LogP contribution in [0.3, 0.4) is 0 Å². The van der Waals surface area contributed by atoms with Crippen LogP contribution in [0.1, 0.15) is 11.1 Å². The van der Waals surface area contributed by atoms with Crippen LogP contribution in [0, 0.1) is 0 Å². The van der Waals surface area contributed by atoms with E-state index in [1.165, 1.54) is 27.0 Å². The summed E-state index contributed by atoms with van der Waals surface area (Å²) in [5, 5.41) is 0. The van der Waals surface area contributed by atoms with Crippen LogP contribution in [0.25, 0.3) is 21.3 Å². The highest BCUT2D eigenvalue weighted by Gasteiger charge is 2.18. The van der Waals surface area contributed by atoms with Crippen molar-refractivity contribution in [3.8, 4) is 11.1 Å². The molecule has 1 heterocycles. The molecule has 0 fully saturated rings. The van der Waals surface area contributed by atoms with Crippen LogP contribution in [0.15, 0.2) is 41.9 Å². The first-order valence-corrected chi connectivity index (χ1v) is 6.24. The topological polar surface area (TPSA) is 12.9 Å². The van der Waals surface area contributed by atoms with Crippen molar-refractivity contribution in [3.05, 3.63) is 53.0 Å². The van der Waals surface area contributed by atoms with Crippen molar-refractivity contribution in [1.82, 2.24) is 4.98 Å². The fourth-order valence-electron chi connectivity index (χ4n) is 2.49. The van der Waals surface area contributed by atoms with Gasteiger partial charge in [-0.2, -0.15) is 0 Å². The molecule has 0 bridgehead atoms. The van der Waals surface area contributed by atoms with Gasteiger partial charge in [-0.25, -0.2) is 4.98 Å². The molecular formula is C14H9NS. The van der Waals surface area contributed by atoms with Crippen LogP contribution in [-0.2, 0) is 6.42 Å². The van der Waals surface area contributed by atoms with E-state index in [1.54, 1.807) is 11.3 Å². The SMILES string of the molecule is c1ccc2c(c1)Cc1cc3ncsc3cc1-2. The summed E-state index contributed by atoms with van der Waals surface area (Å²) in [6.07, 6.45) is 1.05. The number of aromatic nitrogens is 1. The van der Waals surface area contributed by atoms with E-state index in [9.17, 15) is 0 Å². The van der Waals surface area contributed by atoms with Gasteiger partial charge >= 0.3 is 0 Å². The number of rotatable bonds is 0. The van der Waals surface area contributed by atoms with Crippen LogP contribution in [0.2, 0.25) is 0 Å². The van der Waals surface area contributed by atoms with Crippen LogP contribution in [-0.4, -0.2) is 4.98 Å². The van der Waals surface area contributed by atoms with Gasteiger partial charge < -0.3 is 0 Å². The molecule has 0 saturated carbocycles. The molecule has 1 aromatic heterocycles. The summed E-state index contributed by atoms with van der Waals surface area (Å²) in [5.74, 6) is 0. The van der Waals surface area contributed by atoms with Gasteiger partial charge in [-0.1, -0.05) is 24.3 Å². The largest absolute Gasteiger partial charge is 0.245 e. The maximum absolute atomic E-state index is 4.38. The molecule has 0 spiro atoms. The second kappa shape index (κ2) is 2.92. The zero-order chi connectivity index (χ0) is 10.5. The molecule has 0 amide bonds. The van der Waals surface area contributed by atoms with E-state index in [0.717, 1.165) is 11.9 Å². The Morgan fingerprint density at radius 1 is 1.00 bits per heavy atom. The molecule has 4 rings (SSSR count). The molecule has 1 aliphatic carbocycles. The average Bonchev–Trinajstić information content (AvgIpc) is 2.88. The third-order valence-electron chi connectivity index (χ3n) is 3.24. The lowest BCUT2D eigenvalue weighted by Crippen LogP contribution is -1.79. The molecule has 0 unspecified atom stereocenters. The van der Waals surface area contributed by atoms with E-state index in [2.05, 4.69) is 41.4 Å². The fraction of sp³-hybridized carbons (Fsp3) is 0.0714. The minimum Gasteiger partial charge on any atom is -0.245 e. The van der Waals surface area contributed by atoms with Crippen LogP contribution < -0.4 is 0 Å². The maximum Gasteiger partial charge on any atom is 0.0815 e. The molecule has 0 saturated heterocycles. The summed E-state index contributed by atoms with van der Waals surface area (Å²) in [6.45, 7) is 0. The van der Waals surface area contributed by atoms with Gasteiger partial charge in [0.2, 0.25) is 0 Å². The van der Waals surface area contributed by atoms with E-state index in [-0.39, 0.29) is 0 Å². The van der Waals surface area contributed by atoms with Crippen molar-refractivity contribution >= 4 is 21.6 Å². The zero-order valence-electron chi connectivity index (χ0n) is 8.60. The van der Waals surface area contributed by atoms with Gasteiger partial charge in [0.15, 0.2) is 0 Å². The van der Waals surface area contributed by atoms with Gasteiger partial charge in [0, 0.05) is 0 Å². The molecule has 0 N–H and O–H groups in total. The zero-order valence-corrected chi connectivity index (χ0v) is 9.42. The third kappa shape index (κ3) is 1.02. The molecule has 76 valence electrons. The Morgan fingerprint density at radius 2 is 1.94 bits per heavy atom. The Morgan fingerprint density at radius 3 is 2.94 bits per heavy atom. The van der Waals surface area contributed by atoms with Crippen molar-refractivity contribution in [2.45, 2.75) is 6.42 Å². The Labute approximate surface area is 97.4 Å². The second-order valence-corrected chi connectivity index (χ2v) is 5.05. The molecule has 0 radical (unpaired) electrons. The Kier molecular flexibility index (Phi) is 1.55. The summed E-state index contributed by atoms with van der Waals surface area (Å²) in [4.78, 5) is 4.38. The predicted octanol–water partition coefficient (Wildman–Crippen LogP) is 3.87. The highest BCUT2D eigenvalue weighted by molar-refractivity contribution is 7.16. The summed E-state index contributed by atoms with van der Waals surface area (Å²) < 4.78 is 1.29. The first-order valence-electron chi connectivity index (χ1n) is 5.36. The van der Waals surface area contributed by atoms with E-state index in [4.69, 9.17) is 0 Å². The summed E-state index contributed by atoms with van der Waals surface area (Å²) in [7, 11) is 0. The number of nitrogens with zero attached hydrogens (tertiary/aromatic N) is 1. The highest BCUT2D eigenvalue weighted by Crippen LogP contribution is 2.39. The van der Waals surface area contributed by atoms with Crippen molar-refractivity contribution in [1.29, 1.82) is 0 Å².